The molecule has 1 aromatic carbocycles. The highest BCUT2D eigenvalue weighted by molar-refractivity contribution is 8.00. The number of aromatic nitrogens is 3. The molecule has 2 aromatic rings. The van der Waals surface area contributed by atoms with Crippen molar-refractivity contribution in [2.24, 2.45) is 0 Å². The highest BCUT2D eigenvalue weighted by Gasteiger charge is 2.25. The Morgan fingerprint density at radius 3 is 2.83 bits per heavy atom. The molecule has 0 fully saturated rings. The van der Waals surface area contributed by atoms with E-state index in [1.165, 1.54) is 25.2 Å². The number of aryl methyl sites for hydroxylation is 1. The van der Waals surface area contributed by atoms with Crippen molar-refractivity contribution in [2.75, 3.05) is 7.11 Å². The zero-order valence-electron chi connectivity index (χ0n) is 10.1. The third kappa shape index (κ3) is 2.70. The quantitative estimate of drug-likeness (QED) is 0.676. The van der Waals surface area contributed by atoms with E-state index in [0.717, 1.165) is 11.1 Å². The molecular weight excluding hydrogens is 250 g/mol. The molecule has 0 radical (unpaired) electrons. The molecule has 0 spiro atoms. The predicted molar refractivity (Wildman–Crippen MR) is 68.2 cm³/mol. The number of hydrogen-bond donors (Lipinski definition) is 1. The number of benzene rings is 1. The molecule has 6 heteroatoms. The number of hydrogen-bond acceptors (Lipinski definition) is 5. The maximum Gasteiger partial charge on any atom is 0.323 e. The molecule has 1 aromatic heterocycles. The normalized spacial score (nSPS) is 12.1. The minimum absolute atomic E-state index is 0.300. The Morgan fingerprint density at radius 2 is 2.22 bits per heavy atom. The first-order valence-corrected chi connectivity index (χ1v) is 6.25. The Bertz CT molecular complexity index is 528. The summed E-state index contributed by atoms with van der Waals surface area (Å²) in [5.74, 6) is -0.300. The Morgan fingerprint density at radius 1 is 1.44 bits per heavy atom. The third-order valence-corrected chi connectivity index (χ3v) is 3.61. The van der Waals surface area contributed by atoms with E-state index < -0.39 is 5.25 Å². The molecule has 0 unspecified atom stereocenters. The SMILES string of the molecule is COC(=O)[C@@H](Sc1ncn[nH]1)c1ccccc1C. The van der Waals surface area contributed by atoms with Gasteiger partial charge in [0.1, 0.15) is 11.6 Å². The topological polar surface area (TPSA) is 67.9 Å². The monoisotopic (exact) mass is 263 g/mol. The minimum Gasteiger partial charge on any atom is -0.468 e. The van der Waals surface area contributed by atoms with Crippen LogP contribution in [0.5, 0.6) is 0 Å². The van der Waals surface area contributed by atoms with Crippen molar-refractivity contribution < 1.29 is 9.53 Å². The summed E-state index contributed by atoms with van der Waals surface area (Å²) in [6.45, 7) is 1.96. The van der Waals surface area contributed by atoms with Crippen molar-refractivity contribution in [2.45, 2.75) is 17.3 Å². The summed E-state index contributed by atoms with van der Waals surface area (Å²) < 4.78 is 4.85. The molecule has 94 valence electrons. The van der Waals surface area contributed by atoms with Crippen LogP contribution in [-0.4, -0.2) is 28.3 Å². The fourth-order valence-electron chi connectivity index (χ4n) is 1.59. The fourth-order valence-corrected chi connectivity index (χ4v) is 2.61. The lowest BCUT2D eigenvalue weighted by Crippen LogP contribution is -2.12. The van der Waals surface area contributed by atoms with E-state index in [1.54, 1.807) is 0 Å². The summed E-state index contributed by atoms with van der Waals surface area (Å²) in [5, 5.41) is 6.65. The van der Waals surface area contributed by atoms with Gasteiger partial charge in [-0.3, -0.25) is 9.89 Å². The number of methoxy groups -OCH3 is 1. The fraction of sp³-hybridized carbons (Fsp3) is 0.250. The van der Waals surface area contributed by atoms with Crippen LogP contribution >= 0.6 is 11.8 Å². The van der Waals surface area contributed by atoms with Crippen LogP contribution < -0.4 is 0 Å². The second-order valence-corrected chi connectivity index (χ2v) is 4.76. The van der Waals surface area contributed by atoms with E-state index in [-0.39, 0.29) is 5.97 Å². The number of aromatic amines is 1. The van der Waals surface area contributed by atoms with Gasteiger partial charge in [-0.25, -0.2) is 4.98 Å². The molecule has 0 bridgehead atoms. The van der Waals surface area contributed by atoms with Gasteiger partial charge in [0.05, 0.1) is 7.11 Å². The van der Waals surface area contributed by atoms with Crippen LogP contribution in [0.1, 0.15) is 16.4 Å². The van der Waals surface area contributed by atoms with Crippen molar-refractivity contribution >= 4 is 17.7 Å². The van der Waals surface area contributed by atoms with Gasteiger partial charge in [0.2, 0.25) is 0 Å². The van der Waals surface area contributed by atoms with E-state index in [1.807, 2.05) is 31.2 Å². The van der Waals surface area contributed by atoms with Gasteiger partial charge in [-0.05, 0) is 18.1 Å². The zero-order valence-corrected chi connectivity index (χ0v) is 10.9. The van der Waals surface area contributed by atoms with Crippen molar-refractivity contribution in [3.63, 3.8) is 0 Å². The van der Waals surface area contributed by atoms with Crippen LogP contribution in [0.15, 0.2) is 35.7 Å². The van der Waals surface area contributed by atoms with Crippen LogP contribution in [0, 0.1) is 6.92 Å². The average molecular weight is 263 g/mol. The van der Waals surface area contributed by atoms with Gasteiger partial charge >= 0.3 is 5.97 Å². The van der Waals surface area contributed by atoms with Crippen molar-refractivity contribution in [1.82, 2.24) is 15.2 Å². The molecule has 0 amide bonds. The number of carbonyl (C=O) groups is 1. The van der Waals surface area contributed by atoms with E-state index in [2.05, 4.69) is 15.2 Å². The van der Waals surface area contributed by atoms with Gasteiger partial charge in [0.15, 0.2) is 5.16 Å². The summed E-state index contributed by atoms with van der Waals surface area (Å²) in [7, 11) is 1.38. The largest absolute Gasteiger partial charge is 0.468 e. The van der Waals surface area contributed by atoms with E-state index in [0.29, 0.717) is 5.16 Å². The first kappa shape index (κ1) is 12.6. The first-order chi connectivity index (χ1) is 8.72. The third-order valence-electron chi connectivity index (χ3n) is 2.51. The molecule has 2 rings (SSSR count). The van der Waals surface area contributed by atoms with Gasteiger partial charge in [-0.2, -0.15) is 5.10 Å². The van der Waals surface area contributed by atoms with E-state index >= 15 is 0 Å². The average Bonchev–Trinajstić information content (AvgIpc) is 2.89. The van der Waals surface area contributed by atoms with E-state index in [9.17, 15) is 4.79 Å². The predicted octanol–water partition coefficient (Wildman–Crippen LogP) is 2.12. The Labute approximate surface area is 109 Å². The molecule has 0 saturated heterocycles. The molecule has 1 heterocycles. The minimum atomic E-state index is -0.441. The van der Waals surface area contributed by atoms with Crippen molar-refractivity contribution in [1.29, 1.82) is 0 Å². The summed E-state index contributed by atoms with van der Waals surface area (Å²) in [5.41, 5.74) is 1.96. The van der Waals surface area contributed by atoms with Crippen LogP contribution in [0.2, 0.25) is 0 Å². The molecule has 1 atom stereocenters. The summed E-state index contributed by atoms with van der Waals surface area (Å²) in [6.07, 6.45) is 1.41. The van der Waals surface area contributed by atoms with Crippen molar-refractivity contribution in [3.8, 4) is 0 Å². The lowest BCUT2D eigenvalue weighted by molar-refractivity contribution is -0.140. The van der Waals surface area contributed by atoms with Crippen LogP contribution in [-0.2, 0) is 9.53 Å². The maximum absolute atomic E-state index is 11.9. The number of H-pyrrole nitrogens is 1. The van der Waals surface area contributed by atoms with Crippen LogP contribution in [0.4, 0.5) is 0 Å². The smallest absolute Gasteiger partial charge is 0.323 e. The molecular formula is C12H13N3O2S. The Hall–Kier alpha value is -1.82. The second kappa shape index (κ2) is 5.68. The maximum atomic E-state index is 11.9. The molecule has 5 nitrogen and oxygen atoms in total. The number of thioether (sulfide) groups is 1. The molecule has 0 saturated carbocycles. The number of carbonyl (C=O) groups excluding carboxylic acids is 1. The Balaban J connectivity index is 2.31. The lowest BCUT2D eigenvalue weighted by Gasteiger charge is -2.15. The summed E-state index contributed by atoms with van der Waals surface area (Å²) in [6, 6.07) is 7.72. The highest BCUT2D eigenvalue weighted by Crippen LogP contribution is 2.35. The number of nitrogens with zero attached hydrogens (tertiary/aromatic N) is 2. The molecule has 0 aliphatic carbocycles. The van der Waals surface area contributed by atoms with Crippen LogP contribution in [0.3, 0.4) is 0 Å². The standard InChI is InChI=1S/C12H13N3O2S/c1-8-5-3-4-6-9(8)10(11(16)17-2)18-12-13-7-14-15-12/h3-7,10H,1-2H3,(H,13,14,15)/t10-/m0/s1. The van der Waals surface area contributed by atoms with Gasteiger partial charge < -0.3 is 4.74 Å². The Kier molecular flexibility index (Phi) is 3.99. The highest BCUT2D eigenvalue weighted by atomic mass is 32.2. The second-order valence-electron chi connectivity index (χ2n) is 3.67. The van der Waals surface area contributed by atoms with Gasteiger partial charge in [0, 0.05) is 0 Å². The number of nitrogens with one attached hydrogen (secondary N) is 1. The van der Waals surface area contributed by atoms with E-state index in [4.69, 9.17) is 4.74 Å². The molecule has 18 heavy (non-hydrogen) atoms. The number of rotatable bonds is 4. The zero-order chi connectivity index (χ0) is 13.0. The van der Waals surface area contributed by atoms with Gasteiger partial charge in [-0.1, -0.05) is 36.0 Å². The molecule has 1 N–H and O–H groups in total. The van der Waals surface area contributed by atoms with Crippen molar-refractivity contribution in [3.05, 3.63) is 41.7 Å². The molecule has 0 aliphatic heterocycles. The first-order valence-electron chi connectivity index (χ1n) is 5.37. The number of ether oxygens (including phenoxy) is 1. The molecule has 0 aliphatic rings. The summed E-state index contributed by atoms with van der Waals surface area (Å²) in [4.78, 5) is 15.9. The van der Waals surface area contributed by atoms with Crippen LogP contribution in [0.25, 0.3) is 0 Å². The number of esters is 1. The van der Waals surface area contributed by atoms with Gasteiger partial charge in [-0.15, -0.1) is 0 Å². The van der Waals surface area contributed by atoms with Gasteiger partial charge in [0.25, 0.3) is 0 Å². The lowest BCUT2D eigenvalue weighted by atomic mass is 10.1. The summed E-state index contributed by atoms with van der Waals surface area (Å²) >= 11 is 1.29.